The number of aryl methyl sites for hydroxylation is 1. The summed E-state index contributed by atoms with van der Waals surface area (Å²) < 4.78 is 0. The second-order valence-corrected chi connectivity index (χ2v) is 7.83. The highest BCUT2D eigenvalue weighted by Crippen LogP contribution is 2.48. The summed E-state index contributed by atoms with van der Waals surface area (Å²) in [5, 5.41) is 13.4. The number of nitrogens with one attached hydrogen (secondary N) is 1. The van der Waals surface area contributed by atoms with E-state index in [0.717, 1.165) is 30.7 Å². The van der Waals surface area contributed by atoms with Crippen molar-refractivity contribution in [3.05, 3.63) is 51.9 Å². The number of carbonyl (C=O) groups is 1. The van der Waals surface area contributed by atoms with Crippen LogP contribution in [0.25, 0.3) is 0 Å². The van der Waals surface area contributed by atoms with Crippen LogP contribution in [0.2, 0.25) is 0 Å². The highest BCUT2D eigenvalue weighted by Gasteiger charge is 2.44. The van der Waals surface area contributed by atoms with Crippen LogP contribution in [0.5, 0.6) is 0 Å². The average Bonchev–Trinajstić information content (AvgIpc) is 3.38. The molecule has 3 nitrogen and oxygen atoms in total. The maximum atomic E-state index is 12.6. The molecule has 0 radical (unpaired) electrons. The topological polar surface area (TPSA) is 52.9 Å². The molecule has 2 aliphatic rings. The zero-order valence-corrected chi connectivity index (χ0v) is 14.4. The van der Waals surface area contributed by atoms with Crippen molar-refractivity contribution in [3.8, 4) is 6.07 Å². The lowest BCUT2D eigenvalue weighted by Gasteiger charge is -2.04. The van der Waals surface area contributed by atoms with Crippen LogP contribution >= 0.6 is 11.3 Å². The Bertz CT molecular complexity index is 803. The largest absolute Gasteiger partial charge is 0.316 e. The van der Waals surface area contributed by atoms with Gasteiger partial charge in [-0.1, -0.05) is 36.8 Å². The number of hydrogen-bond donors (Lipinski definition) is 1. The van der Waals surface area contributed by atoms with E-state index in [9.17, 15) is 10.1 Å². The molecule has 1 aromatic carbocycles. The minimum Gasteiger partial charge on any atom is -0.316 e. The van der Waals surface area contributed by atoms with Crippen molar-refractivity contribution in [1.82, 2.24) is 0 Å². The molecular weight excluding hydrogens is 316 g/mol. The van der Waals surface area contributed by atoms with Crippen LogP contribution in [0.4, 0.5) is 5.00 Å². The fraction of sp³-hybridized carbons (Fsp3) is 0.400. The number of benzene rings is 1. The summed E-state index contributed by atoms with van der Waals surface area (Å²) in [6.07, 6.45) is 6.48. The van der Waals surface area contributed by atoms with Crippen LogP contribution in [0.15, 0.2) is 30.3 Å². The standard InChI is InChI=1S/C20H20N2OS/c21-12-17-14-9-5-2-6-10-18(14)24-20(17)22-19(23)16-11-15(16)13-7-3-1-4-8-13/h1,3-4,7-8,15-16H,2,5-6,9-11H2,(H,22,23)/t15-,16-/m1/s1. The molecule has 4 heteroatoms. The summed E-state index contributed by atoms with van der Waals surface area (Å²) in [5.74, 6) is 0.437. The van der Waals surface area contributed by atoms with Gasteiger partial charge in [-0.3, -0.25) is 4.79 Å². The van der Waals surface area contributed by atoms with E-state index in [-0.39, 0.29) is 11.8 Å². The number of nitrogens with zero attached hydrogens (tertiary/aromatic N) is 1. The Morgan fingerprint density at radius 2 is 1.96 bits per heavy atom. The number of nitriles is 1. The minimum atomic E-state index is 0.0425. The first-order valence-corrected chi connectivity index (χ1v) is 9.50. The van der Waals surface area contributed by atoms with Gasteiger partial charge in [0.25, 0.3) is 0 Å². The van der Waals surface area contributed by atoms with Gasteiger partial charge in [0, 0.05) is 10.8 Å². The normalized spacial score (nSPS) is 22.1. The number of thiophene rings is 1. The number of anilines is 1. The first kappa shape index (κ1) is 15.4. The molecule has 1 heterocycles. The first-order valence-electron chi connectivity index (χ1n) is 8.68. The molecule has 1 N–H and O–H groups in total. The summed E-state index contributed by atoms with van der Waals surface area (Å²) in [7, 11) is 0. The lowest BCUT2D eigenvalue weighted by molar-refractivity contribution is -0.117. The van der Waals surface area contributed by atoms with Crippen LogP contribution in [0.1, 0.15) is 53.2 Å². The molecule has 1 amide bonds. The molecule has 0 saturated heterocycles. The molecule has 0 bridgehead atoms. The van der Waals surface area contributed by atoms with E-state index in [2.05, 4.69) is 23.5 Å². The van der Waals surface area contributed by atoms with Gasteiger partial charge >= 0.3 is 0 Å². The summed E-state index contributed by atoms with van der Waals surface area (Å²) in [5.41, 5.74) is 3.13. The summed E-state index contributed by atoms with van der Waals surface area (Å²) in [6.45, 7) is 0. The van der Waals surface area contributed by atoms with Gasteiger partial charge in [0.05, 0.1) is 5.56 Å². The second kappa shape index (κ2) is 6.41. The average molecular weight is 336 g/mol. The molecule has 0 aliphatic heterocycles. The van der Waals surface area contributed by atoms with E-state index in [4.69, 9.17) is 0 Å². The van der Waals surface area contributed by atoms with Gasteiger partial charge in [-0.2, -0.15) is 5.26 Å². The Morgan fingerprint density at radius 1 is 1.17 bits per heavy atom. The molecule has 24 heavy (non-hydrogen) atoms. The Balaban J connectivity index is 1.50. The number of amides is 1. The molecule has 1 saturated carbocycles. The zero-order chi connectivity index (χ0) is 16.5. The molecule has 2 aliphatic carbocycles. The van der Waals surface area contributed by atoms with Gasteiger partial charge in [0.2, 0.25) is 5.91 Å². The molecule has 0 unspecified atom stereocenters. The van der Waals surface area contributed by atoms with Crippen molar-refractivity contribution in [2.24, 2.45) is 5.92 Å². The van der Waals surface area contributed by atoms with Gasteiger partial charge in [0.1, 0.15) is 11.1 Å². The predicted octanol–water partition coefficient (Wildman–Crippen LogP) is 4.63. The SMILES string of the molecule is N#Cc1c(NC(=O)[C@@H]2C[C@@H]2c2ccccc2)sc2c1CCCCC2. The molecule has 122 valence electrons. The van der Waals surface area contributed by atoms with Crippen molar-refractivity contribution in [1.29, 1.82) is 5.26 Å². The third-order valence-corrected chi connectivity index (χ3v) is 6.33. The van der Waals surface area contributed by atoms with Crippen LogP contribution in [0.3, 0.4) is 0 Å². The Morgan fingerprint density at radius 3 is 2.75 bits per heavy atom. The predicted molar refractivity (Wildman–Crippen MR) is 96.2 cm³/mol. The van der Waals surface area contributed by atoms with Gasteiger partial charge in [-0.25, -0.2) is 0 Å². The molecule has 1 aromatic heterocycles. The van der Waals surface area contributed by atoms with Crippen molar-refractivity contribution in [3.63, 3.8) is 0 Å². The van der Waals surface area contributed by atoms with Crippen molar-refractivity contribution in [2.45, 2.75) is 44.4 Å². The van der Waals surface area contributed by atoms with E-state index < -0.39 is 0 Å². The van der Waals surface area contributed by atoms with E-state index in [1.807, 2.05) is 18.2 Å². The third kappa shape index (κ3) is 2.85. The van der Waals surface area contributed by atoms with Crippen LogP contribution in [-0.4, -0.2) is 5.91 Å². The third-order valence-electron chi connectivity index (χ3n) is 5.12. The maximum absolute atomic E-state index is 12.6. The van der Waals surface area contributed by atoms with Gasteiger partial charge in [-0.05, 0) is 49.1 Å². The first-order chi connectivity index (χ1) is 11.8. The van der Waals surface area contributed by atoms with E-state index >= 15 is 0 Å². The van der Waals surface area contributed by atoms with E-state index in [0.29, 0.717) is 11.5 Å². The molecule has 4 rings (SSSR count). The van der Waals surface area contributed by atoms with E-state index in [1.165, 1.54) is 28.8 Å². The number of fused-ring (bicyclic) bond motifs is 1. The fourth-order valence-corrected chi connectivity index (χ4v) is 4.95. The van der Waals surface area contributed by atoms with Crippen LogP contribution in [-0.2, 0) is 17.6 Å². The quantitative estimate of drug-likeness (QED) is 0.831. The Labute approximate surface area is 146 Å². The monoisotopic (exact) mass is 336 g/mol. The summed E-state index contributed by atoms with van der Waals surface area (Å²) in [6, 6.07) is 12.6. The van der Waals surface area contributed by atoms with Gasteiger partial charge in [0.15, 0.2) is 0 Å². The Kier molecular flexibility index (Phi) is 4.12. The van der Waals surface area contributed by atoms with Crippen molar-refractivity contribution >= 4 is 22.2 Å². The smallest absolute Gasteiger partial charge is 0.228 e. The van der Waals surface area contributed by atoms with E-state index in [1.54, 1.807) is 11.3 Å². The van der Waals surface area contributed by atoms with Gasteiger partial charge < -0.3 is 5.32 Å². The minimum absolute atomic E-state index is 0.0425. The molecule has 0 spiro atoms. The van der Waals surface area contributed by atoms with Crippen molar-refractivity contribution in [2.75, 3.05) is 5.32 Å². The number of carbonyl (C=O) groups excluding carboxylic acids is 1. The molecule has 1 fully saturated rings. The highest BCUT2D eigenvalue weighted by molar-refractivity contribution is 7.16. The lowest BCUT2D eigenvalue weighted by Crippen LogP contribution is -2.14. The maximum Gasteiger partial charge on any atom is 0.228 e. The highest BCUT2D eigenvalue weighted by atomic mass is 32.1. The molecule has 2 aromatic rings. The summed E-state index contributed by atoms with van der Waals surface area (Å²) in [4.78, 5) is 13.9. The van der Waals surface area contributed by atoms with Crippen LogP contribution in [0, 0.1) is 17.2 Å². The number of hydrogen-bond acceptors (Lipinski definition) is 3. The van der Waals surface area contributed by atoms with Crippen molar-refractivity contribution < 1.29 is 4.79 Å². The Hall–Kier alpha value is -2.12. The number of rotatable bonds is 3. The van der Waals surface area contributed by atoms with Crippen LogP contribution < -0.4 is 5.32 Å². The zero-order valence-electron chi connectivity index (χ0n) is 13.5. The fourth-order valence-electron chi connectivity index (χ4n) is 3.71. The lowest BCUT2D eigenvalue weighted by atomic mass is 10.1. The molecule has 2 atom stereocenters. The molecular formula is C20H20N2OS. The van der Waals surface area contributed by atoms with Gasteiger partial charge in [-0.15, -0.1) is 11.3 Å². The second-order valence-electron chi connectivity index (χ2n) is 6.73. The summed E-state index contributed by atoms with van der Waals surface area (Å²) >= 11 is 1.62.